The van der Waals surface area contributed by atoms with Crippen LogP contribution in [-0.4, -0.2) is 41.6 Å². The molecule has 1 aromatic rings. The molecule has 1 aliphatic carbocycles. The van der Waals surface area contributed by atoms with Crippen LogP contribution >= 0.6 is 0 Å². The first kappa shape index (κ1) is 17.7. The lowest BCUT2D eigenvalue weighted by Crippen LogP contribution is -2.50. The average Bonchev–Trinajstić information content (AvgIpc) is 2.52. The number of carboxylic acid groups (broad SMARTS) is 1. The number of carboxylic acids is 1. The molecule has 8 heteroatoms. The number of halogens is 3. The number of nitrogens with zero attached hydrogens (tertiary/aromatic N) is 1. The van der Waals surface area contributed by atoms with Crippen LogP contribution in [0.15, 0.2) is 24.3 Å². The Morgan fingerprint density at radius 2 is 1.76 bits per heavy atom. The summed E-state index contributed by atoms with van der Waals surface area (Å²) in [4.78, 5) is 25.2. The lowest BCUT2D eigenvalue weighted by Gasteiger charge is -2.39. The van der Waals surface area contributed by atoms with E-state index in [2.05, 4.69) is 0 Å². The standard InChI is InChI=1S/C17H18F3NO4/c18-17(19,20)11-3-1-10(2-4-11)14-9-21(7-8-25-14)15(22)12-5-6-13(12)16(23)24/h1-4,12-14H,5-9H2,(H,23,24). The molecule has 0 bridgehead atoms. The maximum Gasteiger partial charge on any atom is 0.416 e. The maximum atomic E-state index is 12.6. The van der Waals surface area contributed by atoms with Crippen LogP contribution in [0.3, 0.4) is 0 Å². The molecule has 3 unspecified atom stereocenters. The van der Waals surface area contributed by atoms with Gasteiger partial charge in [-0.25, -0.2) is 0 Å². The molecule has 2 aliphatic rings. The van der Waals surface area contributed by atoms with Crippen LogP contribution in [0.1, 0.15) is 30.1 Å². The van der Waals surface area contributed by atoms with Gasteiger partial charge in [0.1, 0.15) is 6.10 Å². The summed E-state index contributed by atoms with van der Waals surface area (Å²) in [6.45, 7) is 0.841. The molecular weight excluding hydrogens is 339 g/mol. The van der Waals surface area contributed by atoms with Gasteiger partial charge in [-0.1, -0.05) is 12.1 Å². The molecule has 1 saturated heterocycles. The fourth-order valence-electron chi connectivity index (χ4n) is 3.26. The van der Waals surface area contributed by atoms with Gasteiger partial charge in [0.2, 0.25) is 5.91 Å². The molecule has 25 heavy (non-hydrogen) atoms. The Morgan fingerprint density at radius 3 is 2.28 bits per heavy atom. The highest BCUT2D eigenvalue weighted by atomic mass is 19.4. The molecule has 1 heterocycles. The van der Waals surface area contributed by atoms with Crippen LogP contribution in [0.5, 0.6) is 0 Å². The zero-order valence-corrected chi connectivity index (χ0v) is 13.3. The van der Waals surface area contributed by atoms with Crippen molar-refractivity contribution in [3.8, 4) is 0 Å². The van der Waals surface area contributed by atoms with Gasteiger partial charge < -0.3 is 14.7 Å². The van der Waals surface area contributed by atoms with E-state index in [9.17, 15) is 22.8 Å². The normalized spacial score (nSPS) is 26.8. The van der Waals surface area contributed by atoms with Crippen molar-refractivity contribution < 1.29 is 32.6 Å². The number of ether oxygens (including phenoxy) is 1. The van der Waals surface area contributed by atoms with Crippen LogP contribution in [0.25, 0.3) is 0 Å². The zero-order chi connectivity index (χ0) is 18.2. The first-order valence-electron chi connectivity index (χ1n) is 8.07. The molecule has 136 valence electrons. The Balaban J connectivity index is 1.67. The molecule has 5 nitrogen and oxygen atoms in total. The smallest absolute Gasteiger partial charge is 0.416 e. The first-order chi connectivity index (χ1) is 11.8. The summed E-state index contributed by atoms with van der Waals surface area (Å²) in [7, 11) is 0. The van der Waals surface area contributed by atoms with E-state index in [0.717, 1.165) is 12.1 Å². The quantitative estimate of drug-likeness (QED) is 0.903. The number of aliphatic carboxylic acids is 1. The number of carbonyl (C=O) groups is 2. The van der Waals surface area contributed by atoms with Crippen molar-refractivity contribution in [1.82, 2.24) is 4.90 Å². The third kappa shape index (κ3) is 3.63. The van der Waals surface area contributed by atoms with E-state index < -0.39 is 35.6 Å². The third-order valence-electron chi connectivity index (χ3n) is 4.90. The number of morpholine rings is 1. The van der Waals surface area contributed by atoms with Gasteiger partial charge in [-0.2, -0.15) is 13.2 Å². The van der Waals surface area contributed by atoms with Gasteiger partial charge in [0.05, 0.1) is 30.6 Å². The van der Waals surface area contributed by atoms with Crippen molar-refractivity contribution in [2.75, 3.05) is 19.7 Å². The van der Waals surface area contributed by atoms with Crippen LogP contribution in [0, 0.1) is 11.8 Å². The van der Waals surface area contributed by atoms with Gasteiger partial charge >= 0.3 is 12.1 Å². The van der Waals surface area contributed by atoms with Gasteiger partial charge in [-0.05, 0) is 30.5 Å². The highest BCUT2D eigenvalue weighted by Crippen LogP contribution is 2.37. The number of amides is 1. The van der Waals surface area contributed by atoms with Gasteiger partial charge in [-0.3, -0.25) is 9.59 Å². The summed E-state index contributed by atoms with van der Waals surface area (Å²) in [6, 6.07) is 4.69. The third-order valence-corrected chi connectivity index (χ3v) is 4.90. The number of carbonyl (C=O) groups excluding carboxylic acids is 1. The fraction of sp³-hybridized carbons (Fsp3) is 0.529. The second-order valence-corrected chi connectivity index (χ2v) is 6.39. The van der Waals surface area contributed by atoms with Crippen LogP contribution < -0.4 is 0 Å². The number of benzene rings is 1. The maximum absolute atomic E-state index is 12.6. The minimum absolute atomic E-state index is 0.209. The molecule has 0 spiro atoms. The molecule has 0 aromatic heterocycles. The number of alkyl halides is 3. The molecule has 3 rings (SSSR count). The van der Waals surface area contributed by atoms with E-state index in [0.29, 0.717) is 24.9 Å². The highest BCUT2D eigenvalue weighted by molar-refractivity contribution is 5.86. The summed E-state index contributed by atoms with van der Waals surface area (Å²) in [5.74, 6) is -2.32. The molecule has 1 aliphatic heterocycles. The second kappa shape index (κ2) is 6.67. The average molecular weight is 357 g/mol. The Morgan fingerprint density at radius 1 is 1.12 bits per heavy atom. The Kier molecular flexibility index (Phi) is 4.73. The predicted octanol–water partition coefficient (Wildman–Crippen LogP) is 2.72. The molecule has 3 atom stereocenters. The summed E-state index contributed by atoms with van der Waals surface area (Å²) >= 11 is 0. The van der Waals surface area contributed by atoms with Crippen molar-refractivity contribution in [3.63, 3.8) is 0 Å². The summed E-state index contributed by atoms with van der Waals surface area (Å²) in [5, 5.41) is 9.09. The SMILES string of the molecule is O=C(O)C1CCC1C(=O)N1CCOC(c2ccc(C(F)(F)F)cc2)C1. The van der Waals surface area contributed by atoms with E-state index in [1.54, 1.807) is 4.90 Å². The largest absolute Gasteiger partial charge is 0.481 e. The van der Waals surface area contributed by atoms with Crippen LogP contribution in [0.2, 0.25) is 0 Å². The summed E-state index contributed by atoms with van der Waals surface area (Å²) in [6.07, 6.45) is -3.86. The fourth-order valence-corrected chi connectivity index (χ4v) is 3.26. The second-order valence-electron chi connectivity index (χ2n) is 6.39. The van der Waals surface area contributed by atoms with E-state index in [4.69, 9.17) is 9.84 Å². The van der Waals surface area contributed by atoms with Gasteiger partial charge in [-0.15, -0.1) is 0 Å². The molecule has 2 fully saturated rings. The Bertz CT molecular complexity index is 659. The molecule has 1 saturated carbocycles. The van der Waals surface area contributed by atoms with Crippen molar-refractivity contribution in [2.24, 2.45) is 11.8 Å². The van der Waals surface area contributed by atoms with E-state index in [-0.39, 0.29) is 19.1 Å². The van der Waals surface area contributed by atoms with E-state index in [1.165, 1.54) is 12.1 Å². The van der Waals surface area contributed by atoms with Gasteiger partial charge in [0.15, 0.2) is 0 Å². The zero-order valence-electron chi connectivity index (χ0n) is 13.3. The summed E-state index contributed by atoms with van der Waals surface area (Å²) in [5.41, 5.74) is -0.173. The van der Waals surface area contributed by atoms with E-state index >= 15 is 0 Å². The topological polar surface area (TPSA) is 66.8 Å². The van der Waals surface area contributed by atoms with Gasteiger partial charge in [0.25, 0.3) is 0 Å². The lowest BCUT2D eigenvalue weighted by molar-refractivity contribution is -0.160. The Hall–Kier alpha value is -2.09. The number of hydrogen-bond acceptors (Lipinski definition) is 3. The van der Waals surface area contributed by atoms with Crippen molar-refractivity contribution in [2.45, 2.75) is 25.1 Å². The monoisotopic (exact) mass is 357 g/mol. The lowest BCUT2D eigenvalue weighted by atomic mass is 9.73. The molecule has 1 N–H and O–H groups in total. The van der Waals surface area contributed by atoms with Gasteiger partial charge in [0, 0.05) is 6.54 Å². The molecule has 0 radical (unpaired) electrons. The minimum atomic E-state index is -4.40. The van der Waals surface area contributed by atoms with Crippen molar-refractivity contribution in [3.05, 3.63) is 35.4 Å². The minimum Gasteiger partial charge on any atom is -0.481 e. The van der Waals surface area contributed by atoms with Crippen LogP contribution in [0.4, 0.5) is 13.2 Å². The molecule has 1 amide bonds. The first-order valence-corrected chi connectivity index (χ1v) is 8.07. The molecular formula is C17H18F3NO4. The van der Waals surface area contributed by atoms with Crippen LogP contribution in [-0.2, 0) is 20.5 Å². The van der Waals surface area contributed by atoms with Crippen molar-refractivity contribution in [1.29, 1.82) is 0 Å². The summed E-state index contributed by atoms with van der Waals surface area (Å²) < 4.78 is 43.5. The number of hydrogen-bond donors (Lipinski definition) is 1. The van der Waals surface area contributed by atoms with E-state index in [1.807, 2.05) is 0 Å². The van der Waals surface area contributed by atoms with Crippen molar-refractivity contribution >= 4 is 11.9 Å². The highest BCUT2D eigenvalue weighted by Gasteiger charge is 2.44. The predicted molar refractivity (Wildman–Crippen MR) is 80.6 cm³/mol. The Labute approximate surface area is 142 Å². The molecule has 1 aromatic carbocycles. The number of rotatable bonds is 3.